The molecular formula is C19H15N3O3. The first kappa shape index (κ1) is 16.3. The Morgan fingerprint density at radius 3 is 2.52 bits per heavy atom. The van der Waals surface area contributed by atoms with Crippen molar-refractivity contribution in [3.63, 3.8) is 0 Å². The van der Waals surface area contributed by atoms with Crippen molar-refractivity contribution in [2.24, 2.45) is 0 Å². The van der Waals surface area contributed by atoms with Gasteiger partial charge < -0.3 is 0 Å². The molecule has 124 valence electrons. The van der Waals surface area contributed by atoms with Crippen LogP contribution in [0, 0.1) is 10.1 Å². The lowest BCUT2D eigenvalue weighted by atomic mass is 10.1. The first-order chi connectivity index (χ1) is 12.1. The van der Waals surface area contributed by atoms with Crippen LogP contribution in [0.2, 0.25) is 0 Å². The van der Waals surface area contributed by atoms with Crippen LogP contribution in [0.5, 0.6) is 0 Å². The van der Waals surface area contributed by atoms with E-state index in [1.165, 1.54) is 30.3 Å². The Balaban J connectivity index is 1.65. The monoisotopic (exact) mass is 333 g/mol. The zero-order chi connectivity index (χ0) is 17.6. The fourth-order valence-corrected chi connectivity index (χ4v) is 2.34. The molecule has 6 nitrogen and oxygen atoms in total. The quantitative estimate of drug-likeness (QED) is 0.298. The van der Waals surface area contributed by atoms with Gasteiger partial charge in [-0.1, -0.05) is 30.3 Å². The number of nitrogens with zero attached hydrogens (tertiary/aromatic N) is 3. The Hall–Kier alpha value is -3.54. The van der Waals surface area contributed by atoms with Crippen LogP contribution in [0.25, 0.3) is 6.08 Å². The van der Waals surface area contributed by atoms with Crippen molar-refractivity contribution >= 4 is 17.5 Å². The highest BCUT2D eigenvalue weighted by Gasteiger charge is 2.07. The molecule has 0 spiro atoms. The van der Waals surface area contributed by atoms with Crippen molar-refractivity contribution in [3.05, 3.63) is 99.9 Å². The maximum atomic E-state index is 12.1. The summed E-state index contributed by atoms with van der Waals surface area (Å²) in [7, 11) is 0. The maximum Gasteiger partial charge on any atom is 0.269 e. The number of aromatic nitrogens is 2. The van der Waals surface area contributed by atoms with Gasteiger partial charge in [0.2, 0.25) is 0 Å². The lowest BCUT2D eigenvalue weighted by Crippen LogP contribution is -1.99. The summed E-state index contributed by atoms with van der Waals surface area (Å²) in [6.45, 7) is 0.658. The van der Waals surface area contributed by atoms with E-state index in [4.69, 9.17) is 0 Å². The molecule has 0 radical (unpaired) electrons. The molecule has 1 aromatic heterocycles. The van der Waals surface area contributed by atoms with E-state index in [2.05, 4.69) is 5.10 Å². The lowest BCUT2D eigenvalue weighted by molar-refractivity contribution is -0.384. The van der Waals surface area contributed by atoms with Crippen molar-refractivity contribution in [2.45, 2.75) is 6.54 Å². The minimum atomic E-state index is -0.495. The number of non-ortho nitro benzene ring substituents is 1. The molecule has 1 heterocycles. The molecule has 0 atom stereocenters. The number of hydrogen-bond donors (Lipinski definition) is 0. The number of rotatable bonds is 6. The van der Waals surface area contributed by atoms with E-state index >= 15 is 0 Å². The van der Waals surface area contributed by atoms with Crippen LogP contribution in [0.15, 0.2) is 73.1 Å². The fourth-order valence-electron chi connectivity index (χ4n) is 2.34. The number of carbonyl (C=O) groups excluding carboxylic acids is 1. The van der Waals surface area contributed by atoms with Gasteiger partial charge in [-0.25, -0.2) is 0 Å². The third-order valence-electron chi connectivity index (χ3n) is 3.63. The van der Waals surface area contributed by atoms with Crippen LogP contribution in [-0.4, -0.2) is 20.5 Å². The second-order valence-corrected chi connectivity index (χ2v) is 5.46. The molecule has 2 aromatic carbocycles. The summed E-state index contributed by atoms with van der Waals surface area (Å²) in [5, 5.41) is 14.9. The molecule has 0 amide bonds. The summed E-state index contributed by atoms with van der Waals surface area (Å²) < 4.78 is 1.80. The van der Waals surface area contributed by atoms with E-state index in [-0.39, 0.29) is 11.5 Å². The van der Waals surface area contributed by atoms with Crippen LogP contribution in [0.3, 0.4) is 0 Å². The molecule has 0 fully saturated rings. The smallest absolute Gasteiger partial charge is 0.269 e. The minimum Gasteiger partial charge on any atom is -0.289 e. The summed E-state index contributed by atoms with van der Waals surface area (Å²) in [5.41, 5.74) is 2.32. The number of ketones is 1. The highest BCUT2D eigenvalue weighted by atomic mass is 16.6. The van der Waals surface area contributed by atoms with Crippen LogP contribution in [-0.2, 0) is 6.54 Å². The Kier molecular flexibility index (Phi) is 4.80. The molecule has 0 aliphatic carbocycles. The van der Waals surface area contributed by atoms with Gasteiger partial charge in [-0.05, 0) is 29.8 Å². The average molecular weight is 333 g/mol. The lowest BCUT2D eigenvalue weighted by Gasteiger charge is -2.00. The summed E-state index contributed by atoms with van der Waals surface area (Å²) in [4.78, 5) is 22.2. The molecule has 25 heavy (non-hydrogen) atoms. The topological polar surface area (TPSA) is 78.0 Å². The van der Waals surface area contributed by atoms with Crippen molar-refractivity contribution in [3.8, 4) is 0 Å². The van der Waals surface area contributed by atoms with Gasteiger partial charge in [0.15, 0.2) is 5.78 Å². The summed E-state index contributed by atoms with van der Waals surface area (Å²) in [6, 6.07) is 15.5. The normalized spacial score (nSPS) is 10.9. The van der Waals surface area contributed by atoms with Crippen LogP contribution < -0.4 is 0 Å². The second-order valence-electron chi connectivity index (χ2n) is 5.46. The van der Waals surface area contributed by atoms with E-state index in [1.54, 1.807) is 17.0 Å². The minimum absolute atomic E-state index is 0.0392. The van der Waals surface area contributed by atoms with E-state index < -0.39 is 4.92 Å². The van der Waals surface area contributed by atoms with Gasteiger partial charge in [0.25, 0.3) is 5.69 Å². The van der Waals surface area contributed by atoms with Crippen molar-refractivity contribution in [1.82, 2.24) is 9.78 Å². The van der Waals surface area contributed by atoms with Gasteiger partial charge in [-0.2, -0.15) is 5.10 Å². The molecule has 6 heteroatoms. The number of hydrogen-bond acceptors (Lipinski definition) is 4. The largest absolute Gasteiger partial charge is 0.289 e. The summed E-state index contributed by atoms with van der Waals surface area (Å²) in [5.74, 6) is -0.217. The third-order valence-corrected chi connectivity index (χ3v) is 3.63. The van der Waals surface area contributed by atoms with E-state index in [0.29, 0.717) is 12.1 Å². The predicted molar refractivity (Wildman–Crippen MR) is 94.2 cm³/mol. The Bertz CT molecular complexity index is 913. The Morgan fingerprint density at radius 1 is 1.12 bits per heavy atom. The highest BCUT2D eigenvalue weighted by molar-refractivity contribution is 6.06. The third kappa shape index (κ3) is 4.26. The first-order valence-corrected chi connectivity index (χ1v) is 7.65. The SMILES string of the molecule is O=C(/C=C/c1cnn(Cc2ccccc2)c1)c1ccc([N+](=O)[O-])cc1. The molecular weight excluding hydrogens is 318 g/mol. The fraction of sp³-hybridized carbons (Fsp3) is 0.0526. The first-order valence-electron chi connectivity index (χ1n) is 7.65. The van der Waals surface area contributed by atoms with Gasteiger partial charge in [0, 0.05) is 29.5 Å². The molecule has 0 saturated heterocycles. The Labute approximate surface area is 144 Å². The molecule has 0 saturated carbocycles. The van der Waals surface area contributed by atoms with Crippen LogP contribution in [0.4, 0.5) is 5.69 Å². The molecule has 0 aliphatic heterocycles. The molecule has 0 unspecified atom stereocenters. The van der Waals surface area contributed by atoms with Gasteiger partial charge in [-0.3, -0.25) is 19.6 Å². The van der Waals surface area contributed by atoms with Crippen molar-refractivity contribution < 1.29 is 9.72 Å². The number of nitro benzene ring substituents is 1. The number of nitro groups is 1. The van der Waals surface area contributed by atoms with Gasteiger partial charge in [-0.15, -0.1) is 0 Å². The molecule has 0 bridgehead atoms. The molecule has 0 N–H and O–H groups in total. The zero-order valence-corrected chi connectivity index (χ0v) is 13.3. The summed E-state index contributed by atoms with van der Waals surface area (Å²) in [6.07, 6.45) is 6.65. The number of carbonyl (C=O) groups is 1. The van der Waals surface area contributed by atoms with E-state index in [9.17, 15) is 14.9 Å². The molecule has 0 aliphatic rings. The van der Waals surface area contributed by atoms with E-state index in [1.807, 2.05) is 36.5 Å². The summed E-state index contributed by atoms with van der Waals surface area (Å²) >= 11 is 0. The number of allylic oxidation sites excluding steroid dienone is 1. The standard InChI is InChI=1S/C19H15N3O3/c23-19(17-7-9-18(10-8-17)22(24)25)11-6-16-12-20-21(14-16)13-15-4-2-1-3-5-15/h1-12,14H,13H2/b11-6+. The maximum absolute atomic E-state index is 12.1. The second kappa shape index (κ2) is 7.35. The zero-order valence-electron chi connectivity index (χ0n) is 13.3. The Morgan fingerprint density at radius 2 is 1.84 bits per heavy atom. The average Bonchev–Trinajstić information content (AvgIpc) is 3.08. The van der Waals surface area contributed by atoms with Crippen molar-refractivity contribution in [2.75, 3.05) is 0 Å². The molecule has 3 aromatic rings. The van der Waals surface area contributed by atoms with Gasteiger partial charge >= 0.3 is 0 Å². The van der Waals surface area contributed by atoms with E-state index in [0.717, 1.165) is 11.1 Å². The molecule has 3 rings (SSSR count). The van der Waals surface area contributed by atoms with Gasteiger partial charge in [0.05, 0.1) is 17.7 Å². The van der Waals surface area contributed by atoms with Crippen LogP contribution in [0.1, 0.15) is 21.5 Å². The highest BCUT2D eigenvalue weighted by Crippen LogP contribution is 2.13. The number of benzene rings is 2. The van der Waals surface area contributed by atoms with Gasteiger partial charge in [0.1, 0.15) is 0 Å². The van der Waals surface area contributed by atoms with Crippen LogP contribution >= 0.6 is 0 Å². The predicted octanol–water partition coefficient (Wildman–Crippen LogP) is 3.74. The van der Waals surface area contributed by atoms with Crippen molar-refractivity contribution in [1.29, 1.82) is 0 Å².